The summed E-state index contributed by atoms with van der Waals surface area (Å²) < 4.78 is 0. The molecule has 2 aromatic heterocycles. The average molecular weight is 465 g/mol. The first kappa shape index (κ1) is 22.6. The Morgan fingerprint density at radius 2 is 2.12 bits per heavy atom. The molecule has 0 saturated carbocycles. The lowest BCUT2D eigenvalue weighted by molar-refractivity contribution is -0.105. The van der Waals surface area contributed by atoms with Crippen LogP contribution in [0.5, 0.6) is 0 Å². The number of allylic oxidation sites excluding steroid dienone is 1. The van der Waals surface area contributed by atoms with Crippen LogP contribution in [0.4, 0.5) is 11.5 Å². The van der Waals surface area contributed by atoms with Crippen molar-refractivity contribution in [1.82, 2.24) is 25.1 Å². The van der Waals surface area contributed by atoms with Crippen LogP contribution in [0.1, 0.15) is 35.4 Å². The molecule has 1 aliphatic rings. The first-order chi connectivity index (χ1) is 16.0. The minimum Gasteiger partial charge on any atom is -0.398 e. The van der Waals surface area contributed by atoms with Gasteiger partial charge in [-0.3, -0.25) is 19.8 Å². The zero-order chi connectivity index (χ0) is 23.2. The number of rotatable bonds is 8. The maximum absolute atomic E-state index is 10.8. The summed E-state index contributed by atoms with van der Waals surface area (Å²) >= 11 is 6.54. The Morgan fingerprint density at radius 1 is 1.30 bits per heavy atom. The van der Waals surface area contributed by atoms with Crippen LogP contribution in [0.3, 0.4) is 0 Å². The normalized spacial score (nSPS) is 15.1. The van der Waals surface area contributed by atoms with Gasteiger partial charge in [-0.2, -0.15) is 5.10 Å². The third-order valence-corrected chi connectivity index (χ3v) is 5.83. The molecule has 3 heterocycles. The highest BCUT2D eigenvalue weighted by molar-refractivity contribution is 6.33. The average Bonchev–Trinajstić information content (AvgIpc) is 3.52. The zero-order valence-electron chi connectivity index (χ0n) is 18.3. The first-order valence-electron chi connectivity index (χ1n) is 10.6. The molecule has 0 bridgehead atoms. The Balaban J connectivity index is 1.73. The smallest absolute Gasteiger partial charge is 0.212 e. The molecule has 1 fully saturated rings. The van der Waals surface area contributed by atoms with Crippen LogP contribution in [0, 0.1) is 6.92 Å². The number of amides is 1. The maximum atomic E-state index is 10.8. The van der Waals surface area contributed by atoms with E-state index in [1.807, 2.05) is 25.1 Å². The fraction of sp³-hybridized carbons (Fsp3) is 0.261. The molecule has 3 aromatic rings. The van der Waals surface area contributed by atoms with E-state index >= 15 is 0 Å². The molecule has 0 atom stereocenters. The second-order valence-electron chi connectivity index (χ2n) is 7.84. The number of nitrogens with zero attached hydrogens (tertiary/aromatic N) is 5. The van der Waals surface area contributed by atoms with Gasteiger partial charge in [0.1, 0.15) is 12.1 Å². The van der Waals surface area contributed by atoms with Gasteiger partial charge in [0.2, 0.25) is 6.41 Å². The van der Waals surface area contributed by atoms with Gasteiger partial charge in [-0.05, 0) is 56.1 Å². The minimum absolute atomic E-state index is 0.401. The molecule has 0 radical (unpaired) electrons. The van der Waals surface area contributed by atoms with E-state index in [1.165, 1.54) is 19.2 Å². The molecule has 0 unspecified atom stereocenters. The molecule has 10 heteroatoms. The minimum atomic E-state index is 0.401. The Labute approximate surface area is 196 Å². The number of carbonyl (C=O) groups is 1. The fourth-order valence-corrected chi connectivity index (χ4v) is 3.96. The number of aromatic nitrogens is 4. The van der Waals surface area contributed by atoms with Crippen molar-refractivity contribution in [2.75, 3.05) is 18.4 Å². The predicted octanol–water partition coefficient (Wildman–Crippen LogP) is 3.56. The van der Waals surface area contributed by atoms with Crippen LogP contribution in [0.15, 0.2) is 41.8 Å². The summed E-state index contributed by atoms with van der Waals surface area (Å²) in [5.74, 6) is 0.869. The van der Waals surface area contributed by atoms with Crippen molar-refractivity contribution in [2.24, 2.45) is 10.7 Å². The van der Waals surface area contributed by atoms with Crippen LogP contribution in [-0.2, 0) is 11.3 Å². The van der Waals surface area contributed by atoms with Crippen LogP contribution in [-0.4, -0.2) is 50.8 Å². The van der Waals surface area contributed by atoms with Crippen molar-refractivity contribution >= 4 is 47.0 Å². The van der Waals surface area contributed by atoms with Gasteiger partial charge >= 0.3 is 0 Å². The summed E-state index contributed by atoms with van der Waals surface area (Å²) in [7, 11) is 0. The Hall–Kier alpha value is -3.56. The van der Waals surface area contributed by atoms with Crippen molar-refractivity contribution in [1.29, 1.82) is 0 Å². The van der Waals surface area contributed by atoms with Gasteiger partial charge in [0, 0.05) is 35.6 Å². The summed E-state index contributed by atoms with van der Waals surface area (Å²) in [5.41, 5.74) is 10.9. The zero-order valence-corrected chi connectivity index (χ0v) is 19.0. The van der Waals surface area contributed by atoms with Gasteiger partial charge in [0.05, 0.1) is 17.0 Å². The maximum Gasteiger partial charge on any atom is 0.212 e. The third kappa shape index (κ3) is 5.44. The largest absolute Gasteiger partial charge is 0.398 e. The number of aryl methyl sites for hydroxylation is 1. The number of hydrogen-bond acceptors (Lipinski definition) is 7. The van der Waals surface area contributed by atoms with Gasteiger partial charge in [-0.25, -0.2) is 9.97 Å². The lowest BCUT2D eigenvalue weighted by Gasteiger charge is -2.16. The highest BCUT2D eigenvalue weighted by Crippen LogP contribution is 2.29. The highest BCUT2D eigenvalue weighted by atomic mass is 35.5. The molecule has 1 amide bonds. The van der Waals surface area contributed by atoms with E-state index in [-0.39, 0.29) is 0 Å². The molecule has 1 aliphatic heterocycles. The van der Waals surface area contributed by atoms with Crippen molar-refractivity contribution in [2.45, 2.75) is 26.3 Å². The molecule has 170 valence electrons. The number of benzene rings is 1. The van der Waals surface area contributed by atoms with E-state index in [4.69, 9.17) is 17.3 Å². The number of aromatic amines is 1. The van der Waals surface area contributed by atoms with Crippen molar-refractivity contribution in [3.63, 3.8) is 0 Å². The van der Waals surface area contributed by atoms with Crippen molar-refractivity contribution in [3.8, 4) is 0 Å². The van der Waals surface area contributed by atoms with Gasteiger partial charge in [0.15, 0.2) is 5.82 Å². The Bertz CT molecular complexity index is 1180. The number of nitrogens with two attached hydrogens (primary N) is 1. The quantitative estimate of drug-likeness (QED) is 0.345. The van der Waals surface area contributed by atoms with E-state index in [0.717, 1.165) is 30.8 Å². The summed E-state index contributed by atoms with van der Waals surface area (Å²) in [6.07, 6.45) is 7.69. The summed E-state index contributed by atoms with van der Waals surface area (Å²) in [6.45, 7) is 4.94. The molecule has 33 heavy (non-hydrogen) atoms. The molecule has 4 N–H and O–H groups in total. The Kier molecular flexibility index (Phi) is 7.11. The van der Waals surface area contributed by atoms with Crippen LogP contribution >= 0.6 is 11.6 Å². The topological polar surface area (TPSA) is 125 Å². The van der Waals surface area contributed by atoms with E-state index in [0.29, 0.717) is 45.6 Å². The summed E-state index contributed by atoms with van der Waals surface area (Å²) in [4.78, 5) is 26.2. The number of nitrogens with one attached hydrogen (secondary N) is 2. The van der Waals surface area contributed by atoms with Gasteiger partial charge in [0.25, 0.3) is 0 Å². The molecule has 0 aliphatic carbocycles. The second kappa shape index (κ2) is 10.4. The van der Waals surface area contributed by atoms with Crippen LogP contribution in [0.25, 0.3) is 11.3 Å². The lowest BCUT2D eigenvalue weighted by atomic mass is 10.0. The van der Waals surface area contributed by atoms with Crippen LogP contribution < -0.4 is 11.1 Å². The van der Waals surface area contributed by atoms with E-state index in [9.17, 15) is 4.79 Å². The number of anilines is 1. The van der Waals surface area contributed by atoms with Gasteiger partial charge in [-0.15, -0.1) is 0 Å². The summed E-state index contributed by atoms with van der Waals surface area (Å²) in [5, 5.41) is 9.88. The lowest BCUT2D eigenvalue weighted by Crippen LogP contribution is -2.18. The first-order valence-corrected chi connectivity index (χ1v) is 11.0. The highest BCUT2D eigenvalue weighted by Gasteiger charge is 2.16. The molecule has 4 rings (SSSR count). The molecular formula is C23H25ClN8O. The number of carbonyl (C=O) groups excluding carboxylic acids is 1. The van der Waals surface area contributed by atoms with E-state index < -0.39 is 0 Å². The monoisotopic (exact) mass is 464 g/mol. The SMILES string of the molecule is Cc1cnc(NC=O)cc1N=C/C(=C(\N)c1cc(CN2CCCC2)ccc1Cl)c1ncn[nH]1. The Morgan fingerprint density at radius 3 is 2.85 bits per heavy atom. The van der Waals surface area contributed by atoms with Crippen molar-refractivity contribution < 1.29 is 4.79 Å². The second-order valence-corrected chi connectivity index (χ2v) is 8.24. The van der Waals surface area contributed by atoms with Crippen molar-refractivity contribution in [3.05, 3.63) is 64.3 Å². The molecule has 0 spiro atoms. The van der Waals surface area contributed by atoms with Crippen LogP contribution in [0.2, 0.25) is 5.02 Å². The number of hydrogen-bond donors (Lipinski definition) is 3. The van der Waals surface area contributed by atoms with E-state index in [1.54, 1.807) is 18.5 Å². The fourth-order valence-electron chi connectivity index (χ4n) is 3.74. The third-order valence-electron chi connectivity index (χ3n) is 5.50. The molecule has 1 aromatic carbocycles. The summed E-state index contributed by atoms with van der Waals surface area (Å²) in [6, 6.07) is 7.60. The number of aliphatic imine (C=N–C) groups is 1. The van der Waals surface area contributed by atoms with E-state index in [2.05, 4.69) is 35.4 Å². The van der Waals surface area contributed by atoms with Gasteiger partial charge < -0.3 is 11.1 Å². The number of likely N-dealkylation sites (tertiary alicyclic amines) is 1. The molecule has 9 nitrogen and oxygen atoms in total. The standard InChI is InChI=1S/C23H25ClN8O/c1-15-10-27-21(29-14-33)9-20(15)26-11-18(23-28-13-30-31-23)22(25)17-8-16(4-5-19(17)24)12-32-6-2-3-7-32/h4-5,8-11,13-14H,2-3,6-7,12,25H2,1H3,(H,27,29,33)(H,28,30,31)/b22-18+,26-11?. The number of halogens is 1. The number of pyridine rings is 1. The number of H-pyrrole nitrogens is 1. The predicted molar refractivity (Wildman–Crippen MR) is 130 cm³/mol. The van der Waals surface area contributed by atoms with Gasteiger partial charge in [-0.1, -0.05) is 17.7 Å². The molecule has 1 saturated heterocycles. The molecular weight excluding hydrogens is 440 g/mol.